The summed E-state index contributed by atoms with van der Waals surface area (Å²) in [5.74, 6) is -0.738. The zero-order valence-corrected chi connectivity index (χ0v) is 19.1. The van der Waals surface area contributed by atoms with Crippen molar-refractivity contribution in [1.82, 2.24) is 14.5 Å². The maximum Gasteiger partial charge on any atom is 0.338 e. The fourth-order valence-electron chi connectivity index (χ4n) is 3.20. The van der Waals surface area contributed by atoms with E-state index >= 15 is 0 Å². The summed E-state index contributed by atoms with van der Waals surface area (Å²) in [4.78, 5) is 24.8. The summed E-state index contributed by atoms with van der Waals surface area (Å²) in [5, 5.41) is 6.81. The molecule has 0 aliphatic carbocycles. The van der Waals surface area contributed by atoms with Gasteiger partial charge in [0.1, 0.15) is 5.82 Å². The second kappa shape index (κ2) is 10.2. The van der Waals surface area contributed by atoms with Crippen LogP contribution in [0.4, 0.5) is 5.82 Å². The van der Waals surface area contributed by atoms with Crippen LogP contribution in [-0.2, 0) is 24.3 Å². The molecule has 2 aromatic rings. The summed E-state index contributed by atoms with van der Waals surface area (Å²) in [6.45, 7) is 6.15. The number of benzene rings is 1. The molecule has 0 spiro atoms. The molecule has 1 amide bonds. The largest absolute Gasteiger partial charge is 0.449 e. The molecule has 1 fully saturated rings. The molecule has 0 radical (unpaired) electrons. The van der Waals surface area contributed by atoms with Gasteiger partial charge in [-0.3, -0.25) is 4.79 Å². The Morgan fingerprint density at radius 1 is 1.22 bits per heavy atom. The number of rotatable bonds is 9. The maximum atomic E-state index is 12.4. The van der Waals surface area contributed by atoms with Crippen molar-refractivity contribution >= 4 is 27.7 Å². The van der Waals surface area contributed by atoms with Crippen LogP contribution in [0.3, 0.4) is 0 Å². The van der Waals surface area contributed by atoms with Crippen LogP contribution in [0.15, 0.2) is 41.4 Å². The van der Waals surface area contributed by atoms with E-state index in [4.69, 9.17) is 9.47 Å². The Morgan fingerprint density at radius 3 is 2.56 bits per heavy atom. The summed E-state index contributed by atoms with van der Waals surface area (Å²) in [6, 6.07) is 7.04. The number of esters is 1. The van der Waals surface area contributed by atoms with Gasteiger partial charge in [-0.1, -0.05) is 0 Å². The third-order valence-electron chi connectivity index (χ3n) is 4.99. The normalized spacial score (nSPS) is 17.3. The number of hydrogen-bond acceptors (Lipinski definition) is 7. The van der Waals surface area contributed by atoms with Crippen molar-refractivity contribution in [3.63, 3.8) is 0 Å². The van der Waals surface area contributed by atoms with Crippen LogP contribution in [-0.4, -0.2) is 55.4 Å². The fraction of sp³-hybridized carbons (Fsp3) is 0.476. The molecule has 1 aromatic carbocycles. The first-order valence-corrected chi connectivity index (χ1v) is 11.9. The average molecular weight is 465 g/mol. The second-order valence-electron chi connectivity index (χ2n) is 7.80. The zero-order valence-electron chi connectivity index (χ0n) is 18.3. The predicted molar refractivity (Wildman–Crippen MR) is 117 cm³/mol. The Balaban J connectivity index is 1.56. The van der Waals surface area contributed by atoms with Crippen molar-refractivity contribution < 1.29 is 27.5 Å². The highest BCUT2D eigenvalue weighted by Gasteiger charge is 2.23. The Hall–Kier alpha value is -2.76. The summed E-state index contributed by atoms with van der Waals surface area (Å²) in [7, 11) is -3.72. The molecule has 1 aliphatic heterocycles. The molecular weight excluding hydrogens is 436 g/mol. The smallest absolute Gasteiger partial charge is 0.338 e. The highest BCUT2D eigenvalue weighted by atomic mass is 32.2. The lowest BCUT2D eigenvalue weighted by Gasteiger charge is -2.16. The van der Waals surface area contributed by atoms with Crippen LogP contribution < -0.4 is 10.0 Å². The molecular formula is C21H28N4O6S. The molecule has 0 bridgehead atoms. The SMILES string of the molecule is CC(OC(=O)c1ccc(S(=O)(=O)NCC2CCCO2)cc1)C(=O)Nc1ccnn1C(C)C. The van der Waals surface area contributed by atoms with Crippen molar-refractivity contribution in [2.75, 3.05) is 18.5 Å². The van der Waals surface area contributed by atoms with E-state index in [9.17, 15) is 18.0 Å². The molecule has 1 aliphatic rings. The van der Waals surface area contributed by atoms with Gasteiger partial charge in [-0.25, -0.2) is 22.6 Å². The Morgan fingerprint density at radius 2 is 1.94 bits per heavy atom. The standard InChI is InChI=1S/C21H28N4O6S/c1-14(2)25-19(10-11-22-25)24-20(26)15(3)31-21(27)16-6-8-18(9-7-16)32(28,29)23-13-17-5-4-12-30-17/h6-11,14-15,17,23H,4-5,12-13H2,1-3H3,(H,24,26). The quantitative estimate of drug-likeness (QED) is 0.544. The molecule has 32 heavy (non-hydrogen) atoms. The van der Waals surface area contributed by atoms with Crippen molar-refractivity contribution in [3.05, 3.63) is 42.1 Å². The second-order valence-corrected chi connectivity index (χ2v) is 9.57. The van der Waals surface area contributed by atoms with Crippen LogP contribution in [0.25, 0.3) is 0 Å². The molecule has 2 heterocycles. The van der Waals surface area contributed by atoms with Crippen LogP contribution in [0.2, 0.25) is 0 Å². The Bertz CT molecular complexity index is 1040. The number of nitrogens with one attached hydrogen (secondary N) is 2. The minimum absolute atomic E-state index is 0.0276. The van der Waals surface area contributed by atoms with Gasteiger partial charge in [-0.15, -0.1) is 0 Å². The van der Waals surface area contributed by atoms with E-state index in [0.717, 1.165) is 12.8 Å². The van der Waals surface area contributed by atoms with Gasteiger partial charge in [0.2, 0.25) is 10.0 Å². The van der Waals surface area contributed by atoms with Gasteiger partial charge in [0, 0.05) is 25.3 Å². The van der Waals surface area contributed by atoms with Gasteiger partial charge in [0.05, 0.1) is 22.8 Å². The monoisotopic (exact) mass is 464 g/mol. The highest BCUT2D eigenvalue weighted by Crippen LogP contribution is 2.16. The summed E-state index contributed by atoms with van der Waals surface area (Å²) in [6.07, 6.45) is 2.12. The number of hydrogen-bond donors (Lipinski definition) is 2. The van der Waals surface area contributed by atoms with Crippen molar-refractivity contribution in [2.45, 2.75) is 56.8 Å². The van der Waals surface area contributed by atoms with Crippen LogP contribution >= 0.6 is 0 Å². The molecule has 2 atom stereocenters. The molecule has 3 rings (SSSR count). The Labute approximate surface area is 187 Å². The topological polar surface area (TPSA) is 129 Å². The van der Waals surface area contributed by atoms with Crippen LogP contribution in [0, 0.1) is 0 Å². The van der Waals surface area contributed by atoms with Crippen molar-refractivity contribution in [2.24, 2.45) is 0 Å². The van der Waals surface area contributed by atoms with Gasteiger partial charge in [-0.2, -0.15) is 5.10 Å². The van der Waals surface area contributed by atoms with Gasteiger partial charge in [0.25, 0.3) is 5.91 Å². The number of ether oxygens (including phenoxy) is 2. The van der Waals surface area contributed by atoms with E-state index in [1.54, 1.807) is 16.9 Å². The average Bonchev–Trinajstić information content (AvgIpc) is 3.44. The molecule has 10 nitrogen and oxygen atoms in total. The number of anilines is 1. The molecule has 1 aromatic heterocycles. The maximum absolute atomic E-state index is 12.4. The van der Waals surface area contributed by atoms with Gasteiger partial charge in [0.15, 0.2) is 6.10 Å². The van der Waals surface area contributed by atoms with E-state index in [2.05, 4.69) is 15.1 Å². The molecule has 174 valence electrons. The molecule has 2 N–H and O–H groups in total. The fourth-order valence-corrected chi connectivity index (χ4v) is 4.26. The first-order valence-electron chi connectivity index (χ1n) is 10.4. The van der Waals surface area contributed by atoms with Crippen LogP contribution in [0.1, 0.15) is 50.0 Å². The number of carbonyl (C=O) groups is 2. The van der Waals surface area contributed by atoms with E-state index < -0.39 is 28.0 Å². The number of amides is 1. The number of nitrogens with zero attached hydrogens (tertiary/aromatic N) is 2. The molecule has 11 heteroatoms. The first kappa shape index (κ1) is 23.9. The molecule has 0 saturated carbocycles. The highest BCUT2D eigenvalue weighted by molar-refractivity contribution is 7.89. The van der Waals surface area contributed by atoms with Crippen molar-refractivity contribution in [3.8, 4) is 0 Å². The summed E-state index contributed by atoms with van der Waals surface area (Å²) < 4.78 is 39.6. The van der Waals surface area contributed by atoms with Gasteiger partial charge < -0.3 is 14.8 Å². The lowest BCUT2D eigenvalue weighted by Crippen LogP contribution is -2.32. The van der Waals surface area contributed by atoms with E-state index in [-0.39, 0.29) is 29.1 Å². The summed E-state index contributed by atoms with van der Waals surface area (Å²) >= 11 is 0. The molecule has 1 saturated heterocycles. The van der Waals surface area contributed by atoms with Gasteiger partial charge >= 0.3 is 5.97 Å². The number of carbonyl (C=O) groups excluding carboxylic acids is 2. The predicted octanol–water partition coefficient (Wildman–Crippen LogP) is 2.11. The lowest BCUT2D eigenvalue weighted by atomic mass is 10.2. The number of aromatic nitrogens is 2. The number of sulfonamides is 1. The molecule has 2 unspecified atom stereocenters. The third kappa shape index (κ3) is 5.93. The minimum Gasteiger partial charge on any atom is -0.449 e. The minimum atomic E-state index is -3.72. The van der Waals surface area contributed by atoms with E-state index in [1.165, 1.54) is 31.2 Å². The summed E-state index contributed by atoms with van der Waals surface area (Å²) in [5.41, 5.74) is 0.134. The van der Waals surface area contributed by atoms with Gasteiger partial charge in [-0.05, 0) is 57.9 Å². The van der Waals surface area contributed by atoms with Crippen molar-refractivity contribution in [1.29, 1.82) is 0 Å². The van der Waals surface area contributed by atoms with E-state index in [1.807, 2.05) is 13.8 Å². The third-order valence-corrected chi connectivity index (χ3v) is 6.43. The Kier molecular flexibility index (Phi) is 7.64. The van der Waals surface area contributed by atoms with Crippen LogP contribution in [0.5, 0.6) is 0 Å². The zero-order chi connectivity index (χ0) is 23.3. The van der Waals surface area contributed by atoms with E-state index in [0.29, 0.717) is 12.4 Å². The first-order chi connectivity index (χ1) is 15.2. The lowest BCUT2D eigenvalue weighted by molar-refractivity contribution is -0.123.